The Kier molecular flexibility index (Phi) is 5.41. The molecule has 1 atom stereocenters. The smallest absolute Gasteiger partial charge is 0.368 e. The van der Waals surface area contributed by atoms with Crippen molar-refractivity contribution >= 4 is 11.8 Å². The van der Waals surface area contributed by atoms with Crippen molar-refractivity contribution in [1.82, 2.24) is 5.32 Å². The van der Waals surface area contributed by atoms with Gasteiger partial charge in [0.2, 0.25) is 5.91 Å². The number of hydrogen-bond donors (Lipinski definition) is 2. The summed E-state index contributed by atoms with van der Waals surface area (Å²) in [6.07, 6.45) is -4.60. The lowest BCUT2D eigenvalue weighted by atomic mass is 10.0. The van der Waals surface area contributed by atoms with Crippen LogP contribution in [-0.4, -0.2) is 17.9 Å². The van der Waals surface area contributed by atoms with E-state index in [4.69, 9.17) is 5.73 Å². The second kappa shape index (κ2) is 7.33. The van der Waals surface area contributed by atoms with Gasteiger partial charge in [0.1, 0.15) is 11.9 Å². The Bertz CT molecular complexity index is 773. The molecule has 2 rings (SSSR count). The van der Waals surface area contributed by atoms with Gasteiger partial charge in [-0.25, -0.2) is 4.39 Å². The van der Waals surface area contributed by atoms with E-state index in [1.165, 1.54) is 30.3 Å². The van der Waals surface area contributed by atoms with Crippen molar-refractivity contribution in [2.75, 3.05) is 0 Å². The number of primary amides is 1. The van der Waals surface area contributed by atoms with Crippen LogP contribution in [0.4, 0.5) is 17.6 Å². The summed E-state index contributed by atoms with van der Waals surface area (Å²) >= 11 is 0. The normalized spacial score (nSPS) is 12.5. The van der Waals surface area contributed by atoms with Crippen LogP contribution in [0, 0.1) is 5.82 Å². The molecule has 0 aliphatic rings. The van der Waals surface area contributed by atoms with Crippen molar-refractivity contribution < 1.29 is 27.2 Å². The first-order chi connectivity index (χ1) is 11.7. The standard InChI is InChI=1S/C17H14F4N2O2/c18-13-6-4-10(5-7-13)8-14(15(22)24)23-16(25)11-2-1-3-12(9-11)17(19,20)21/h1-7,9,14H,8H2,(H2,22,24)(H,23,25)/t14-/m0/s1. The molecule has 2 amide bonds. The SMILES string of the molecule is NC(=O)[C@H](Cc1ccc(F)cc1)NC(=O)c1cccc(C(F)(F)F)c1. The molecule has 0 radical (unpaired) electrons. The average molecular weight is 354 g/mol. The Labute approximate surface area is 140 Å². The highest BCUT2D eigenvalue weighted by atomic mass is 19.4. The number of benzene rings is 2. The van der Waals surface area contributed by atoms with E-state index in [-0.39, 0.29) is 12.0 Å². The molecule has 0 aliphatic heterocycles. The number of carbonyl (C=O) groups excluding carboxylic acids is 2. The first kappa shape index (κ1) is 18.4. The molecule has 0 heterocycles. The van der Waals surface area contributed by atoms with Gasteiger partial charge in [-0.05, 0) is 35.9 Å². The lowest BCUT2D eigenvalue weighted by molar-refractivity contribution is -0.137. The molecule has 3 N–H and O–H groups in total. The monoisotopic (exact) mass is 354 g/mol. The lowest BCUT2D eigenvalue weighted by Gasteiger charge is -2.16. The largest absolute Gasteiger partial charge is 0.416 e. The second-order valence-electron chi connectivity index (χ2n) is 5.34. The molecule has 25 heavy (non-hydrogen) atoms. The van der Waals surface area contributed by atoms with Gasteiger partial charge in [-0.2, -0.15) is 13.2 Å². The number of carbonyl (C=O) groups is 2. The molecule has 132 valence electrons. The third-order valence-corrected chi connectivity index (χ3v) is 3.45. The van der Waals surface area contributed by atoms with E-state index in [0.717, 1.165) is 12.1 Å². The first-order valence-corrected chi connectivity index (χ1v) is 7.18. The molecule has 0 fully saturated rings. The molecule has 0 unspecified atom stereocenters. The summed E-state index contributed by atoms with van der Waals surface area (Å²) in [6, 6.07) is 7.87. The number of amides is 2. The summed E-state index contributed by atoms with van der Waals surface area (Å²) in [6.45, 7) is 0. The van der Waals surface area contributed by atoms with Gasteiger partial charge in [-0.15, -0.1) is 0 Å². The maximum Gasteiger partial charge on any atom is 0.416 e. The van der Waals surface area contributed by atoms with Crippen molar-refractivity contribution in [2.45, 2.75) is 18.6 Å². The molecule has 0 aliphatic carbocycles. The number of hydrogen-bond acceptors (Lipinski definition) is 2. The Morgan fingerprint density at radius 3 is 2.28 bits per heavy atom. The lowest BCUT2D eigenvalue weighted by Crippen LogP contribution is -2.45. The fourth-order valence-electron chi connectivity index (χ4n) is 2.16. The fraction of sp³-hybridized carbons (Fsp3) is 0.176. The minimum Gasteiger partial charge on any atom is -0.368 e. The zero-order chi connectivity index (χ0) is 18.6. The molecule has 8 heteroatoms. The quantitative estimate of drug-likeness (QED) is 0.811. The fourth-order valence-corrected chi connectivity index (χ4v) is 2.16. The molecular weight excluding hydrogens is 340 g/mol. The predicted molar refractivity (Wildman–Crippen MR) is 82.0 cm³/mol. The maximum atomic E-state index is 12.9. The highest BCUT2D eigenvalue weighted by Crippen LogP contribution is 2.29. The molecule has 0 saturated carbocycles. The van der Waals surface area contributed by atoms with Crippen LogP contribution in [0.15, 0.2) is 48.5 Å². The molecule has 2 aromatic carbocycles. The molecule has 4 nitrogen and oxygen atoms in total. The van der Waals surface area contributed by atoms with E-state index in [0.29, 0.717) is 11.6 Å². The van der Waals surface area contributed by atoms with Crippen LogP contribution < -0.4 is 11.1 Å². The van der Waals surface area contributed by atoms with Gasteiger partial charge >= 0.3 is 6.18 Å². The summed E-state index contributed by atoms with van der Waals surface area (Å²) in [5.74, 6) is -2.19. The molecule has 2 aromatic rings. The second-order valence-corrected chi connectivity index (χ2v) is 5.34. The van der Waals surface area contributed by atoms with E-state index in [2.05, 4.69) is 5.32 Å². The van der Waals surface area contributed by atoms with Crippen LogP contribution >= 0.6 is 0 Å². The van der Waals surface area contributed by atoms with Crippen molar-refractivity contribution in [3.05, 3.63) is 71.0 Å². The summed E-state index contributed by atoms with van der Waals surface area (Å²) in [5, 5.41) is 2.30. The zero-order valence-corrected chi connectivity index (χ0v) is 12.8. The number of nitrogens with two attached hydrogens (primary N) is 1. The molecule has 0 bridgehead atoms. The molecular formula is C17H14F4N2O2. The van der Waals surface area contributed by atoms with E-state index in [9.17, 15) is 27.2 Å². The Balaban J connectivity index is 2.15. The highest BCUT2D eigenvalue weighted by molar-refractivity contribution is 5.97. The number of halogens is 4. The highest BCUT2D eigenvalue weighted by Gasteiger charge is 2.31. The van der Waals surface area contributed by atoms with E-state index >= 15 is 0 Å². The van der Waals surface area contributed by atoms with Gasteiger partial charge in [0.05, 0.1) is 5.56 Å². The molecule has 0 aromatic heterocycles. The van der Waals surface area contributed by atoms with Crippen molar-refractivity contribution in [1.29, 1.82) is 0 Å². The van der Waals surface area contributed by atoms with Crippen molar-refractivity contribution in [3.8, 4) is 0 Å². The van der Waals surface area contributed by atoms with Gasteiger partial charge in [0, 0.05) is 12.0 Å². The van der Waals surface area contributed by atoms with E-state index < -0.39 is 35.4 Å². The van der Waals surface area contributed by atoms with Crippen LogP contribution in [0.5, 0.6) is 0 Å². The van der Waals surface area contributed by atoms with Gasteiger partial charge in [0.25, 0.3) is 5.91 Å². The topological polar surface area (TPSA) is 72.2 Å². The average Bonchev–Trinajstić information content (AvgIpc) is 2.55. The zero-order valence-electron chi connectivity index (χ0n) is 12.8. The first-order valence-electron chi connectivity index (χ1n) is 7.18. The summed E-state index contributed by atoms with van der Waals surface area (Å²) in [7, 11) is 0. The van der Waals surface area contributed by atoms with Gasteiger partial charge in [0.15, 0.2) is 0 Å². The summed E-state index contributed by atoms with van der Waals surface area (Å²) in [5.41, 5.74) is 4.54. The van der Waals surface area contributed by atoms with E-state index in [1.807, 2.05) is 0 Å². The van der Waals surface area contributed by atoms with E-state index in [1.54, 1.807) is 0 Å². The van der Waals surface area contributed by atoms with Crippen LogP contribution in [0.25, 0.3) is 0 Å². The Morgan fingerprint density at radius 2 is 1.72 bits per heavy atom. The molecule has 0 spiro atoms. The third-order valence-electron chi connectivity index (χ3n) is 3.45. The van der Waals surface area contributed by atoms with Gasteiger partial charge in [-0.1, -0.05) is 18.2 Å². The number of alkyl halides is 3. The van der Waals surface area contributed by atoms with Crippen LogP contribution in [0.3, 0.4) is 0 Å². The maximum absolute atomic E-state index is 12.9. The van der Waals surface area contributed by atoms with Crippen LogP contribution in [-0.2, 0) is 17.4 Å². The van der Waals surface area contributed by atoms with Crippen molar-refractivity contribution in [3.63, 3.8) is 0 Å². The van der Waals surface area contributed by atoms with Gasteiger partial charge < -0.3 is 11.1 Å². The van der Waals surface area contributed by atoms with Crippen LogP contribution in [0.2, 0.25) is 0 Å². The third kappa shape index (κ3) is 5.03. The Hall–Kier alpha value is -2.90. The summed E-state index contributed by atoms with van der Waals surface area (Å²) in [4.78, 5) is 23.7. The number of nitrogens with one attached hydrogen (secondary N) is 1. The van der Waals surface area contributed by atoms with Gasteiger partial charge in [-0.3, -0.25) is 9.59 Å². The minimum absolute atomic E-state index is 0.0136. The minimum atomic E-state index is -4.59. The number of rotatable bonds is 5. The van der Waals surface area contributed by atoms with Crippen molar-refractivity contribution in [2.24, 2.45) is 5.73 Å². The Morgan fingerprint density at radius 1 is 1.08 bits per heavy atom. The van der Waals surface area contributed by atoms with Crippen LogP contribution in [0.1, 0.15) is 21.5 Å². The summed E-state index contributed by atoms with van der Waals surface area (Å²) < 4.78 is 51.0. The predicted octanol–water partition coefficient (Wildman–Crippen LogP) is 2.67. The molecule has 0 saturated heterocycles.